The third-order valence-corrected chi connectivity index (χ3v) is 11.7. The van der Waals surface area contributed by atoms with Crippen molar-refractivity contribution in [3.05, 3.63) is 97.2 Å². The highest BCUT2D eigenvalue weighted by atomic mass is 16.6. The van der Waals surface area contributed by atoms with Gasteiger partial charge in [-0.05, 0) is 89.9 Å². The maximum Gasteiger partial charge on any atom is 0.306 e. The Hall–Kier alpha value is -3.67. The van der Waals surface area contributed by atoms with E-state index in [-0.39, 0.29) is 37.5 Å². The Morgan fingerprint density at radius 2 is 0.597 bits per heavy atom. The van der Waals surface area contributed by atoms with Gasteiger partial charge in [-0.3, -0.25) is 14.4 Å². The lowest BCUT2D eigenvalue weighted by molar-refractivity contribution is -0.167. The first kappa shape index (κ1) is 63.3. The molecule has 1 unspecified atom stereocenters. The molecule has 0 aliphatic carbocycles. The van der Waals surface area contributed by atoms with Crippen LogP contribution in [0, 0.1) is 0 Å². The smallest absolute Gasteiger partial charge is 0.306 e. The van der Waals surface area contributed by atoms with E-state index in [9.17, 15) is 14.4 Å². The molecule has 67 heavy (non-hydrogen) atoms. The van der Waals surface area contributed by atoms with Gasteiger partial charge in [0.1, 0.15) is 13.2 Å². The summed E-state index contributed by atoms with van der Waals surface area (Å²) >= 11 is 0. The van der Waals surface area contributed by atoms with Gasteiger partial charge in [0.2, 0.25) is 0 Å². The first-order valence-corrected chi connectivity index (χ1v) is 27.8. The molecule has 0 saturated carbocycles. The van der Waals surface area contributed by atoms with Crippen molar-refractivity contribution in [2.24, 2.45) is 0 Å². The normalized spacial score (nSPS) is 12.8. The van der Waals surface area contributed by atoms with Crippen molar-refractivity contribution in [3.63, 3.8) is 0 Å². The second kappa shape index (κ2) is 54.9. The fourth-order valence-electron chi connectivity index (χ4n) is 7.52. The van der Waals surface area contributed by atoms with E-state index in [1.54, 1.807) is 0 Å². The number of esters is 3. The van der Waals surface area contributed by atoms with Gasteiger partial charge in [-0.15, -0.1) is 0 Å². The van der Waals surface area contributed by atoms with Crippen molar-refractivity contribution < 1.29 is 28.6 Å². The second-order valence-corrected chi connectivity index (χ2v) is 18.3. The minimum atomic E-state index is -0.809. The molecule has 0 rings (SSSR count). The van der Waals surface area contributed by atoms with E-state index in [1.165, 1.54) is 128 Å². The van der Waals surface area contributed by atoms with Gasteiger partial charge < -0.3 is 14.2 Å². The average Bonchev–Trinajstić information content (AvgIpc) is 3.33. The number of hydrogen-bond donors (Lipinski definition) is 0. The van der Waals surface area contributed by atoms with Crippen LogP contribution in [-0.2, 0) is 28.6 Å². The summed E-state index contributed by atoms with van der Waals surface area (Å²) in [6.45, 7) is 6.44. The molecule has 1 atom stereocenters. The summed E-state index contributed by atoms with van der Waals surface area (Å²) < 4.78 is 16.8. The molecule has 6 nitrogen and oxygen atoms in total. The van der Waals surface area contributed by atoms with Crippen molar-refractivity contribution in [1.82, 2.24) is 0 Å². The molecule has 0 spiro atoms. The lowest BCUT2D eigenvalue weighted by Gasteiger charge is -2.18. The van der Waals surface area contributed by atoms with Gasteiger partial charge >= 0.3 is 17.9 Å². The highest BCUT2D eigenvalue weighted by Crippen LogP contribution is 2.14. The summed E-state index contributed by atoms with van der Waals surface area (Å²) in [4.78, 5) is 38.1. The lowest BCUT2D eigenvalue weighted by Crippen LogP contribution is -2.30. The zero-order chi connectivity index (χ0) is 48.6. The van der Waals surface area contributed by atoms with Crippen LogP contribution in [0.25, 0.3) is 0 Å². The first-order chi connectivity index (χ1) is 33.0. The molecule has 6 heteroatoms. The standard InChI is InChI=1S/C61H102O6/c1-4-7-10-13-16-19-22-25-27-29-30-32-33-36-39-42-45-48-51-54-60(63)66-57-58(56-65-59(62)53-50-47-44-41-38-35-24-21-18-15-12-9-6-3)67-61(64)55-52-49-46-43-40-37-34-31-28-26-23-20-17-14-11-8-5-2/h8,11,14,17,20,23,26,28-31,34-35,37-38,40,58H,4-7,9-10,12-13,15-16,18-19,21-22,24-25,27,32-33,36,39,41-57H2,1-3H3/b11-8-,17-14-,23-20-,28-26-,30-29-,34-31+,38-35-,40-37-. The topological polar surface area (TPSA) is 78.9 Å². The van der Waals surface area contributed by atoms with E-state index in [0.717, 1.165) is 77.0 Å². The van der Waals surface area contributed by atoms with E-state index >= 15 is 0 Å². The van der Waals surface area contributed by atoms with Crippen LogP contribution in [0.3, 0.4) is 0 Å². The Balaban J connectivity index is 4.48. The Labute approximate surface area is 413 Å². The molecule has 0 heterocycles. The molecular weight excluding hydrogens is 829 g/mol. The van der Waals surface area contributed by atoms with Crippen LogP contribution >= 0.6 is 0 Å². The SMILES string of the molecule is CC\C=C/C=C\C=C/C=C\C=C\C=C/CCCCCC(=O)OC(COC(=O)CCCCC/C=C\CCCCCCCC)COC(=O)CCCCCCCCC/C=C\CCCCCCCCCC. The van der Waals surface area contributed by atoms with Crippen LogP contribution < -0.4 is 0 Å². The molecule has 0 aromatic rings. The molecule has 0 aliphatic rings. The number of allylic oxidation sites excluding steroid dienone is 16. The Kier molecular flexibility index (Phi) is 51.9. The molecule has 0 aromatic carbocycles. The summed E-state index contributed by atoms with van der Waals surface area (Å²) in [7, 11) is 0. The zero-order valence-corrected chi connectivity index (χ0v) is 43.6. The van der Waals surface area contributed by atoms with Crippen molar-refractivity contribution in [2.75, 3.05) is 13.2 Å². The Bertz CT molecular complexity index is 1350. The molecule has 0 fully saturated rings. The van der Waals surface area contributed by atoms with Gasteiger partial charge in [-0.1, -0.05) is 240 Å². The van der Waals surface area contributed by atoms with E-state index in [2.05, 4.69) is 57.2 Å². The van der Waals surface area contributed by atoms with Gasteiger partial charge in [0.15, 0.2) is 6.10 Å². The van der Waals surface area contributed by atoms with E-state index in [4.69, 9.17) is 14.2 Å². The summed E-state index contributed by atoms with van der Waals surface area (Å²) in [5.41, 5.74) is 0. The minimum absolute atomic E-state index is 0.103. The lowest BCUT2D eigenvalue weighted by atomic mass is 10.1. The molecule has 0 saturated heterocycles. The van der Waals surface area contributed by atoms with E-state index in [0.29, 0.717) is 19.3 Å². The summed E-state index contributed by atoms with van der Waals surface area (Å²) in [5.74, 6) is -0.967. The van der Waals surface area contributed by atoms with Gasteiger partial charge in [0.25, 0.3) is 0 Å². The number of rotatable bonds is 49. The van der Waals surface area contributed by atoms with Gasteiger partial charge in [0, 0.05) is 19.3 Å². The summed E-state index contributed by atoms with van der Waals surface area (Å²) in [5, 5.41) is 0. The number of carbonyl (C=O) groups is 3. The predicted molar refractivity (Wildman–Crippen MR) is 288 cm³/mol. The van der Waals surface area contributed by atoms with Crippen LogP contribution in [0.2, 0.25) is 0 Å². The van der Waals surface area contributed by atoms with E-state index < -0.39 is 6.10 Å². The summed E-state index contributed by atoms with van der Waals surface area (Å²) in [6.07, 6.45) is 72.5. The second-order valence-electron chi connectivity index (χ2n) is 18.3. The Morgan fingerprint density at radius 1 is 0.313 bits per heavy atom. The largest absolute Gasteiger partial charge is 0.462 e. The molecule has 0 N–H and O–H groups in total. The fraction of sp³-hybridized carbons (Fsp3) is 0.689. The van der Waals surface area contributed by atoms with Crippen LogP contribution in [0.1, 0.15) is 252 Å². The van der Waals surface area contributed by atoms with Gasteiger partial charge in [-0.2, -0.15) is 0 Å². The van der Waals surface area contributed by atoms with E-state index in [1.807, 2.05) is 60.8 Å². The highest BCUT2D eigenvalue weighted by molar-refractivity contribution is 5.71. The number of unbranched alkanes of at least 4 members (excludes halogenated alkanes) is 27. The minimum Gasteiger partial charge on any atom is -0.462 e. The van der Waals surface area contributed by atoms with Crippen molar-refractivity contribution >= 4 is 17.9 Å². The van der Waals surface area contributed by atoms with Crippen LogP contribution in [0.4, 0.5) is 0 Å². The van der Waals surface area contributed by atoms with Crippen molar-refractivity contribution in [3.8, 4) is 0 Å². The van der Waals surface area contributed by atoms with Gasteiger partial charge in [0.05, 0.1) is 0 Å². The zero-order valence-electron chi connectivity index (χ0n) is 43.6. The fourth-order valence-corrected chi connectivity index (χ4v) is 7.52. The van der Waals surface area contributed by atoms with Crippen LogP contribution in [0.5, 0.6) is 0 Å². The molecule has 0 aliphatic heterocycles. The maximum atomic E-state index is 12.8. The van der Waals surface area contributed by atoms with Crippen molar-refractivity contribution in [1.29, 1.82) is 0 Å². The number of carbonyl (C=O) groups excluding carboxylic acids is 3. The molecule has 0 radical (unpaired) electrons. The summed E-state index contributed by atoms with van der Waals surface area (Å²) in [6, 6.07) is 0. The molecule has 0 aromatic heterocycles. The molecule has 382 valence electrons. The quantitative estimate of drug-likeness (QED) is 0.0199. The predicted octanol–water partition coefficient (Wildman–Crippen LogP) is 18.5. The molecular formula is C61H102O6. The maximum absolute atomic E-state index is 12.8. The molecule has 0 bridgehead atoms. The number of ether oxygens (including phenoxy) is 3. The average molecular weight is 931 g/mol. The third-order valence-electron chi connectivity index (χ3n) is 11.7. The number of hydrogen-bond acceptors (Lipinski definition) is 6. The monoisotopic (exact) mass is 931 g/mol. The highest BCUT2D eigenvalue weighted by Gasteiger charge is 2.19. The first-order valence-electron chi connectivity index (χ1n) is 27.8. The molecule has 0 amide bonds. The van der Waals surface area contributed by atoms with Gasteiger partial charge in [-0.25, -0.2) is 0 Å². The van der Waals surface area contributed by atoms with Crippen LogP contribution in [0.15, 0.2) is 97.2 Å². The Morgan fingerprint density at radius 3 is 0.970 bits per heavy atom. The van der Waals surface area contributed by atoms with Crippen LogP contribution in [-0.4, -0.2) is 37.2 Å². The third kappa shape index (κ3) is 53.2. The van der Waals surface area contributed by atoms with Crippen molar-refractivity contribution in [2.45, 2.75) is 258 Å².